The topological polar surface area (TPSA) is 93.4 Å². The van der Waals surface area contributed by atoms with Crippen LogP contribution in [0.2, 0.25) is 0 Å². The summed E-state index contributed by atoms with van der Waals surface area (Å²) in [6, 6.07) is 8.94. The molecule has 1 aliphatic rings. The largest absolute Gasteiger partial charge is 0.438 e. The lowest BCUT2D eigenvalue weighted by atomic mass is 10.2. The van der Waals surface area contributed by atoms with Crippen LogP contribution in [0.4, 0.5) is 0 Å². The fourth-order valence-electron chi connectivity index (χ4n) is 2.73. The molecule has 3 N–H and O–H groups in total. The Morgan fingerprint density at radius 1 is 1.42 bits per heavy atom. The molecule has 7 nitrogen and oxygen atoms in total. The van der Waals surface area contributed by atoms with E-state index in [2.05, 4.69) is 27.2 Å². The minimum absolute atomic E-state index is 0.324. The number of nitrogens with zero attached hydrogens (tertiary/aromatic N) is 3. The number of carbonyl (C=O) groups is 1. The van der Waals surface area contributed by atoms with Gasteiger partial charge in [-0.3, -0.25) is 4.79 Å². The molecule has 24 heavy (non-hydrogen) atoms. The van der Waals surface area contributed by atoms with Crippen LogP contribution in [0.15, 0.2) is 36.5 Å². The lowest BCUT2D eigenvalue weighted by molar-refractivity contribution is 0.0998. The molecule has 1 unspecified atom stereocenters. The second-order valence-electron chi connectivity index (χ2n) is 5.90. The van der Waals surface area contributed by atoms with Gasteiger partial charge in [0.1, 0.15) is 11.6 Å². The molecule has 3 rings (SSSR count). The Labute approximate surface area is 140 Å². The summed E-state index contributed by atoms with van der Waals surface area (Å²) in [6.45, 7) is 2.71. The first-order chi connectivity index (χ1) is 11.6. The monoisotopic (exact) mass is 327 g/mol. The molecular weight excluding hydrogens is 306 g/mol. The molecule has 0 bridgehead atoms. The van der Waals surface area contributed by atoms with Gasteiger partial charge in [0.25, 0.3) is 5.91 Å². The number of hydrogen-bond donors (Lipinski definition) is 2. The van der Waals surface area contributed by atoms with Gasteiger partial charge in [-0.25, -0.2) is 4.98 Å². The van der Waals surface area contributed by atoms with Crippen LogP contribution in [0, 0.1) is 0 Å². The first kappa shape index (κ1) is 16.4. The van der Waals surface area contributed by atoms with Gasteiger partial charge < -0.3 is 20.7 Å². The number of primary amides is 1. The molecule has 1 fully saturated rings. The van der Waals surface area contributed by atoms with Gasteiger partial charge in [-0.05, 0) is 32.1 Å². The lowest BCUT2D eigenvalue weighted by Crippen LogP contribution is -2.31. The summed E-state index contributed by atoms with van der Waals surface area (Å²) < 4.78 is 5.71. The van der Waals surface area contributed by atoms with E-state index in [0.29, 0.717) is 35.6 Å². The van der Waals surface area contributed by atoms with Crippen molar-refractivity contribution in [3.05, 3.63) is 47.9 Å². The number of hydrogen-bond acceptors (Lipinski definition) is 6. The summed E-state index contributed by atoms with van der Waals surface area (Å²) in [5.74, 6) is 0.893. The standard InChI is InChI=1S/C17H21N5O2/c1-22-9-7-12(11-22)20-10-15-19-8-6-16(21-15)24-14-5-3-2-4-13(14)17(18)23/h2-6,8,12,20H,7,9-11H2,1H3,(H2,18,23). The Bertz CT molecular complexity index is 722. The summed E-state index contributed by atoms with van der Waals surface area (Å²) in [4.78, 5) is 22.4. The number of likely N-dealkylation sites (tertiary alicyclic amines) is 1. The van der Waals surface area contributed by atoms with Crippen molar-refractivity contribution in [3.8, 4) is 11.6 Å². The lowest BCUT2D eigenvalue weighted by Gasteiger charge is -2.12. The van der Waals surface area contributed by atoms with E-state index < -0.39 is 5.91 Å². The number of benzene rings is 1. The second-order valence-corrected chi connectivity index (χ2v) is 5.90. The van der Waals surface area contributed by atoms with Gasteiger partial charge in [0.2, 0.25) is 5.88 Å². The molecule has 2 aromatic rings. The van der Waals surface area contributed by atoms with E-state index in [1.54, 1.807) is 36.5 Å². The first-order valence-corrected chi connectivity index (χ1v) is 7.92. The molecule has 1 aromatic carbocycles. The van der Waals surface area contributed by atoms with Gasteiger partial charge in [0.05, 0.1) is 12.1 Å². The molecule has 1 saturated heterocycles. The number of aromatic nitrogens is 2. The summed E-state index contributed by atoms with van der Waals surface area (Å²) in [7, 11) is 2.11. The van der Waals surface area contributed by atoms with Gasteiger partial charge in [-0.15, -0.1) is 0 Å². The molecule has 0 spiro atoms. The number of ether oxygens (including phenoxy) is 1. The molecule has 0 radical (unpaired) electrons. The predicted molar refractivity (Wildman–Crippen MR) is 89.8 cm³/mol. The highest BCUT2D eigenvalue weighted by molar-refractivity contribution is 5.95. The minimum Gasteiger partial charge on any atom is -0.438 e. The van der Waals surface area contributed by atoms with Gasteiger partial charge in [-0.2, -0.15) is 4.98 Å². The van der Waals surface area contributed by atoms with Crippen molar-refractivity contribution >= 4 is 5.91 Å². The molecule has 1 aromatic heterocycles. The maximum Gasteiger partial charge on any atom is 0.252 e. The SMILES string of the molecule is CN1CCC(NCc2nccc(Oc3ccccc3C(N)=O)n2)C1. The van der Waals surface area contributed by atoms with Crippen LogP contribution in [-0.2, 0) is 6.54 Å². The highest BCUT2D eigenvalue weighted by Crippen LogP contribution is 2.23. The second kappa shape index (κ2) is 7.37. The highest BCUT2D eigenvalue weighted by Gasteiger charge is 2.19. The summed E-state index contributed by atoms with van der Waals surface area (Å²) in [6.07, 6.45) is 2.77. The van der Waals surface area contributed by atoms with Crippen molar-refractivity contribution in [3.63, 3.8) is 0 Å². The molecule has 126 valence electrons. The van der Waals surface area contributed by atoms with Crippen LogP contribution < -0.4 is 15.8 Å². The minimum atomic E-state index is -0.535. The average molecular weight is 327 g/mol. The number of carbonyl (C=O) groups excluding carboxylic acids is 1. The van der Waals surface area contributed by atoms with E-state index in [0.717, 1.165) is 19.5 Å². The van der Waals surface area contributed by atoms with Crippen molar-refractivity contribution in [2.75, 3.05) is 20.1 Å². The summed E-state index contributed by atoms with van der Waals surface area (Å²) in [5, 5.41) is 3.45. The molecule has 0 saturated carbocycles. The zero-order valence-electron chi connectivity index (χ0n) is 13.6. The highest BCUT2D eigenvalue weighted by atomic mass is 16.5. The first-order valence-electron chi connectivity index (χ1n) is 7.92. The Kier molecular flexibility index (Phi) is 5.02. The number of para-hydroxylation sites is 1. The van der Waals surface area contributed by atoms with E-state index in [1.807, 2.05) is 0 Å². The number of nitrogens with two attached hydrogens (primary N) is 1. The van der Waals surface area contributed by atoms with Crippen LogP contribution in [-0.4, -0.2) is 47.0 Å². The third kappa shape index (κ3) is 4.06. The van der Waals surface area contributed by atoms with E-state index in [4.69, 9.17) is 10.5 Å². The van der Waals surface area contributed by atoms with Crippen molar-refractivity contribution in [2.24, 2.45) is 5.73 Å². The zero-order chi connectivity index (χ0) is 16.9. The van der Waals surface area contributed by atoms with Crippen LogP contribution >= 0.6 is 0 Å². The van der Waals surface area contributed by atoms with Gasteiger partial charge >= 0.3 is 0 Å². The molecule has 7 heteroatoms. The number of amides is 1. The van der Waals surface area contributed by atoms with E-state index in [9.17, 15) is 4.79 Å². The molecule has 2 heterocycles. The van der Waals surface area contributed by atoms with E-state index >= 15 is 0 Å². The predicted octanol–water partition coefficient (Wildman–Crippen LogP) is 1.16. The number of rotatable bonds is 6. The van der Waals surface area contributed by atoms with Crippen LogP contribution in [0.1, 0.15) is 22.6 Å². The maximum atomic E-state index is 11.5. The molecule has 1 aliphatic heterocycles. The van der Waals surface area contributed by atoms with Crippen LogP contribution in [0.3, 0.4) is 0 Å². The molecular formula is C17H21N5O2. The fraction of sp³-hybridized carbons (Fsp3) is 0.353. The normalized spacial score (nSPS) is 17.8. The average Bonchev–Trinajstić information content (AvgIpc) is 2.99. The quantitative estimate of drug-likeness (QED) is 0.827. The molecule has 1 amide bonds. The van der Waals surface area contributed by atoms with Gasteiger partial charge in [0.15, 0.2) is 0 Å². The van der Waals surface area contributed by atoms with Gasteiger partial charge in [0, 0.05) is 24.8 Å². The third-order valence-electron chi connectivity index (χ3n) is 3.99. The Balaban J connectivity index is 1.66. The third-order valence-corrected chi connectivity index (χ3v) is 3.99. The van der Waals surface area contributed by atoms with Crippen LogP contribution in [0.25, 0.3) is 0 Å². The van der Waals surface area contributed by atoms with Crippen molar-refractivity contribution in [1.82, 2.24) is 20.2 Å². The zero-order valence-corrected chi connectivity index (χ0v) is 13.6. The number of likely N-dealkylation sites (N-methyl/N-ethyl adjacent to an activating group) is 1. The number of nitrogens with one attached hydrogen (secondary N) is 1. The van der Waals surface area contributed by atoms with Crippen molar-refractivity contribution in [2.45, 2.75) is 19.0 Å². The Morgan fingerprint density at radius 3 is 3.00 bits per heavy atom. The van der Waals surface area contributed by atoms with Gasteiger partial charge in [-0.1, -0.05) is 12.1 Å². The van der Waals surface area contributed by atoms with Crippen molar-refractivity contribution < 1.29 is 9.53 Å². The molecule has 0 aliphatic carbocycles. The summed E-state index contributed by atoms with van der Waals surface area (Å²) >= 11 is 0. The van der Waals surface area contributed by atoms with Crippen LogP contribution in [0.5, 0.6) is 11.6 Å². The smallest absolute Gasteiger partial charge is 0.252 e. The van der Waals surface area contributed by atoms with Crippen molar-refractivity contribution in [1.29, 1.82) is 0 Å². The maximum absolute atomic E-state index is 11.5. The summed E-state index contributed by atoms with van der Waals surface area (Å²) in [5.41, 5.74) is 5.69. The van der Waals surface area contributed by atoms with E-state index in [-0.39, 0.29) is 0 Å². The van der Waals surface area contributed by atoms with E-state index in [1.165, 1.54) is 0 Å². The molecule has 1 atom stereocenters. The Hall–Kier alpha value is -2.51. The fourth-order valence-corrected chi connectivity index (χ4v) is 2.73. The Morgan fingerprint density at radius 2 is 2.25 bits per heavy atom.